The minimum absolute atomic E-state index is 0.0763. The van der Waals surface area contributed by atoms with E-state index in [0.29, 0.717) is 6.54 Å². The molecule has 1 heterocycles. The maximum Gasteiger partial charge on any atom is 0.255 e. The number of benzene rings is 2. The van der Waals surface area contributed by atoms with Crippen LogP contribution in [0.4, 0.5) is 5.69 Å². The molecule has 0 saturated carbocycles. The van der Waals surface area contributed by atoms with E-state index in [2.05, 4.69) is 28.6 Å². The number of carbonyl (C=O) groups is 1. The second-order valence-corrected chi connectivity index (χ2v) is 6.56. The molecule has 25 heavy (non-hydrogen) atoms. The highest BCUT2D eigenvalue weighted by molar-refractivity contribution is 6.04. The number of hydrogen-bond acceptors (Lipinski definition) is 2. The number of amides is 1. The highest BCUT2D eigenvalue weighted by Crippen LogP contribution is 2.22. The molecule has 126 valence electrons. The maximum atomic E-state index is 12.5. The van der Waals surface area contributed by atoms with Gasteiger partial charge in [0, 0.05) is 11.8 Å². The third kappa shape index (κ3) is 3.63. The monoisotopic (exact) mass is 331 g/mol. The van der Waals surface area contributed by atoms with Crippen LogP contribution < -0.4 is 5.32 Å². The lowest BCUT2D eigenvalue weighted by molar-refractivity contribution is 0.102. The van der Waals surface area contributed by atoms with Crippen molar-refractivity contribution in [1.82, 2.24) is 9.78 Å². The van der Waals surface area contributed by atoms with Gasteiger partial charge in [-0.2, -0.15) is 5.10 Å². The van der Waals surface area contributed by atoms with E-state index in [0.717, 1.165) is 24.1 Å². The van der Waals surface area contributed by atoms with Crippen molar-refractivity contribution in [3.05, 3.63) is 83.2 Å². The molecule has 0 radical (unpaired) electrons. The second kappa shape index (κ2) is 6.93. The van der Waals surface area contributed by atoms with E-state index >= 15 is 0 Å². The number of rotatable bonds is 4. The van der Waals surface area contributed by atoms with Gasteiger partial charge >= 0.3 is 0 Å². The molecule has 3 aromatic rings. The first-order valence-electron chi connectivity index (χ1n) is 8.77. The summed E-state index contributed by atoms with van der Waals surface area (Å²) in [5.41, 5.74) is 5.32. The van der Waals surface area contributed by atoms with E-state index in [4.69, 9.17) is 0 Å². The van der Waals surface area contributed by atoms with E-state index in [1.807, 2.05) is 41.2 Å². The number of hydrogen-bond donors (Lipinski definition) is 1. The fourth-order valence-electron chi connectivity index (χ4n) is 3.36. The van der Waals surface area contributed by atoms with Crippen molar-refractivity contribution in [1.29, 1.82) is 0 Å². The van der Waals surface area contributed by atoms with Crippen LogP contribution in [-0.4, -0.2) is 15.7 Å². The van der Waals surface area contributed by atoms with Crippen LogP contribution in [0.25, 0.3) is 0 Å². The summed E-state index contributed by atoms with van der Waals surface area (Å²) in [5.74, 6) is -0.0763. The van der Waals surface area contributed by atoms with Gasteiger partial charge in [0.25, 0.3) is 5.91 Å². The summed E-state index contributed by atoms with van der Waals surface area (Å²) in [6, 6.07) is 16.2. The average molecular weight is 331 g/mol. The molecule has 0 unspecified atom stereocenters. The lowest BCUT2D eigenvalue weighted by Gasteiger charge is -2.16. The lowest BCUT2D eigenvalue weighted by atomic mass is 9.90. The minimum Gasteiger partial charge on any atom is -0.319 e. The number of nitrogens with zero attached hydrogens (tertiary/aromatic N) is 2. The Morgan fingerprint density at radius 3 is 2.68 bits per heavy atom. The van der Waals surface area contributed by atoms with Crippen LogP contribution >= 0.6 is 0 Å². The summed E-state index contributed by atoms with van der Waals surface area (Å²) >= 11 is 0. The number of nitrogens with one attached hydrogen (secondary N) is 1. The Morgan fingerprint density at radius 2 is 1.84 bits per heavy atom. The van der Waals surface area contributed by atoms with Crippen LogP contribution in [0.3, 0.4) is 0 Å². The Morgan fingerprint density at radius 1 is 1.04 bits per heavy atom. The van der Waals surface area contributed by atoms with Gasteiger partial charge in [-0.25, -0.2) is 0 Å². The first kappa shape index (κ1) is 15.6. The van der Waals surface area contributed by atoms with Crippen molar-refractivity contribution in [2.45, 2.75) is 32.2 Å². The van der Waals surface area contributed by atoms with Gasteiger partial charge in [-0.15, -0.1) is 0 Å². The van der Waals surface area contributed by atoms with Gasteiger partial charge in [0.1, 0.15) is 0 Å². The van der Waals surface area contributed by atoms with Gasteiger partial charge in [0.15, 0.2) is 0 Å². The van der Waals surface area contributed by atoms with E-state index in [-0.39, 0.29) is 5.91 Å². The predicted octanol–water partition coefficient (Wildman–Crippen LogP) is 4.06. The van der Waals surface area contributed by atoms with Gasteiger partial charge in [-0.1, -0.05) is 36.4 Å². The van der Waals surface area contributed by atoms with E-state index in [1.54, 1.807) is 6.20 Å². The number of carbonyl (C=O) groups excluding carboxylic acids is 1. The zero-order chi connectivity index (χ0) is 17.1. The molecule has 0 spiro atoms. The molecule has 1 aliphatic rings. The summed E-state index contributed by atoms with van der Waals surface area (Å²) in [6.45, 7) is 0.690. The summed E-state index contributed by atoms with van der Waals surface area (Å²) in [7, 11) is 0. The second-order valence-electron chi connectivity index (χ2n) is 6.56. The van der Waals surface area contributed by atoms with Crippen molar-refractivity contribution < 1.29 is 4.79 Å². The van der Waals surface area contributed by atoms with Crippen molar-refractivity contribution >= 4 is 11.6 Å². The average Bonchev–Trinajstić information content (AvgIpc) is 3.09. The van der Waals surface area contributed by atoms with E-state index < -0.39 is 0 Å². The highest BCUT2D eigenvalue weighted by Gasteiger charge is 2.13. The molecule has 0 saturated heterocycles. The van der Waals surface area contributed by atoms with E-state index in [1.165, 1.54) is 29.5 Å². The van der Waals surface area contributed by atoms with Crippen LogP contribution in [0, 0.1) is 0 Å². The Balaban J connectivity index is 1.44. The van der Waals surface area contributed by atoms with Gasteiger partial charge < -0.3 is 5.32 Å². The zero-order valence-corrected chi connectivity index (χ0v) is 14.1. The number of anilines is 1. The molecule has 1 aliphatic carbocycles. The number of aryl methyl sites for hydroxylation is 2. The summed E-state index contributed by atoms with van der Waals surface area (Å²) in [5, 5.41) is 7.28. The van der Waals surface area contributed by atoms with Crippen LogP contribution in [0.1, 0.15) is 39.9 Å². The first-order valence-corrected chi connectivity index (χ1v) is 8.77. The number of aromatic nitrogens is 2. The quantitative estimate of drug-likeness (QED) is 0.783. The zero-order valence-electron chi connectivity index (χ0n) is 14.1. The maximum absolute atomic E-state index is 12.5. The molecule has 0 aliphatic heterocycles. The summed E-state index contributed by atoms with van der Waals surface area (Å²) in [6.07, 6.45) is 8.22. The van der Waals surface area contributed by atoms with E-state index in [9.17, 15) is 4.79 Å². The van der Waals surface area contributed by atoms with Crippen molar-refractivity contribution in [3.63, 3.8) is 0 Å². The van der Waals surface area contributed by atoms with Crippen molar-refractivity contribution in [2.75, 3.05) is 5.32 Å². The Bertz CT molecular complexity index is 883. The van der Waals surface area contributed by atoms with Gasteiger partial charge in [-0.05, 0) is 54.5 Å². The largest absolute Gasteiger partial charge is 0.319 e. The first-order chi connectivity index (χ1) is 12.3. The molecule has 4 rings (SSSR count). The molecule has 0 atom stereocenters. The fraction of sp³-hybridized carbons (Fsp3) is 0.238. The van der Waals surface area contributed by atoms with Crippen LogP contribution in [0.5, 0.6) is 0 Å². The van der Waals surface area contributed by atoms with Crippen LogP contribution in [-0.2, 0) is 19.4 Å². The molecular weight excluding hydrogens is 310 g/mol. The number of fused-ring (bicyclic) bond motifs is 1. The minimum atomic E-state index is -0.0763. The van der Waals surface area contributed by atoms with Crippen molar-refractivity contribution in [3.8, 4) is 0 Å². The Hall–Kier alpha value is -2.88. The molecule has 1 N–H and O–H groups in total. The summed E-state index contributed by atoms with van der Waals surface area (Å²) in [4.78, 5) is 12.5. The molecule has 0 fully saturated rings. The Kier molecular flexibility index (Phi) is 4.34. The van der Waals surface area contributed by atoms with Crippen LogP contribution in [0.15, 0.2) is 60.9 Å². The van der Waals surface area contributed by atoms with Gasteiger partial charge in [0.2, 0.25) is 0 Å². The van der Waals surface area contributed by atoms with Crippen molar-refractivity contribution in [2.24, 2.45) is 0 Å². The SMILES string of the molecule is O=C(Nc1cnn(Cc2ccccc2)c1)c1ccc2c(c1)CCCC2. The molecule has 0 bridgehead atoms. The fourth-order valence-corrected chi connectivity index (χ4v) is 3.36. The molecule has 2 aromatic carbocycles. The third-order valence-electron chi connectivity index (χ3n) is 4.69. The molecule has 1 aromatic heterocycles. The Labute approximate surface area is 147 Å². The standard InChI is InChI=1S/C21H21N3O/c25-21(19-11-10-17-8-4-5-9-18(17)12-19)23-20-13-22-24(15-20)14-16-6-2-1-3-7-16/h1-3,6-7,10-13,15H,4-5,8-9,14H2,(H,23,25). The molecule has 4 heteroatoms. The molecular formula is C21H21N3O. The lowest BCUT2D eigenvalue weighted by Crippen LogP contribution is -2.13. The highest BCUT2D eigenvalue weighted by atomic mass is 16.1. The topological polar surface area (TPSA) is 46.9 Å². The smallest absolute Gasteiger partial charge is 0.255 e. The molecule has 4 nitrogen and oxygen atoms in total. The van der Waals surface area contributed by atoms with Crippen LogP contribution in [0.2, 0.25) is 0 Å². The summed E-state index contributed by atoms with van der Waals surface area (Å²) < 4.78 is 1.83. The van der Waals surface area contributed by atoms with Gasteiger partial charge in [0.05, 0.1) is 18.4 Å². The third-order valence-corrected chi connectivity index (χ3v) is 4.69. The predicted molar refractivity (Wildman–Crippen MR) is 98.8 cm³/mol. The van der Waals surface area contributed by atoms with Gasteiger partial charge in [-0.3, -0.25) is 9.48 Å². The molecule has 1 amide bonds. The normalized spacial score (nSPS) is 13.3.